The summed E-state index contributed by atoms with van der Waals surface area (Å²) in [4.78, 5) is 18.0. The van der Waals surface area contributed by atoms with Gasteiger partial charge in [-0.3, -0.25) is 9.69 Å². The van der Waals surface area contributed by atoms with Crippen molar-refractivity contribution in [3.63, 3.8) is 0 Å². The SMILES string of the molecule is O=C(c1ccccc1)N(CC1CCN(C2Cc3ccccc3C2)CC1)C[C@@H]1CCCO1. The first kappa shape index (κ1) is 20.7. The molecule has 0 bridgehead atoms. The molecule has 2 heterocycles. The molecule has 5 rings (SSSR count). The third-order valence-electron chi connectivity index (χ3n) is 7.43. The minimum Gasteiger partial charge on any atom is -0.376 e. The Bertz CT molecular complexity index is 845. The van der Waals surface area contributed by atoms with Gasteiger partial charge in [-0.15, -0.1) is 0 Å². The van der Waals surface area contributed by atoms with E-state index in [4.69, 9.17) is 4.74 Å². The summed E-state index contributed by atoms with van der Waals surface area (Å²) in [7, 11) is 0. The highest BCUT2D eigenvalue weighted by atomic mass is 16.5. The molecule has 0 aromatic heterocycles. The molecule has 4 heteroatoms. The van der Waals surface area contributed by atoms with Crippen LogP contribution in [0.15, 0.2) is 54.6 Å². The van der Waals surface area contributed by atoms with Crippen LogP contribution in [0.1, 0.15) is 47.2 Å². The van der Waals surface area contributed by atoms with Crippen molar-refractivity contribution in [2.24, 2.45) is 5.92 Å². The smallest absolute Gasteiger partial charge is 0.253 e. The van der Waals surface area contributed by atoms with Crippen LogP contribution in [-0.2, 0) is 17.6 Å². The topological polar surface area (TPSA) is 32.8 Å². The highest BCUT2D eigenvalue weighted by molar-refractivity contribution is 5.94. The van der Waals surface area contributed by atoms with Crippen molar-refractivity contribution in [1.82, 2.24) is 9.80 Å². The molecule has 2 saturated heterocycles. The van der Waals surface area contributed by atoms with Crippen molar-refractivity contribution in [3.05, 3.63) is 71.3 Å². The molecule has 2 fully saturated rings. The lowest BCUT2D eigenvalue weighted by Crippen LogP contribution is -2.46. The van der Waals surface area contributed by atoms with E-state index in [1.54, 1.807) is 0 Å². The molecule has 1 atom stereocenters. The molecule has 0 radical (unpaired) electrons. The average Bonchev–Trinajstić information content (AvgIpc) is 3.49. The van der Waals surface area contributed by atoms with Gasteiger partial charge < -0.3 is 9.64 Å². The van der Waals surface area contributed by atoms with Gasteiger partial charge in [-0.05, 0) is 80.8 Å². The summed E-state index contributed by atoms with van der Waals surface area (Å²) in [6.07, 6.45) is 7.12. The molecular weight excluding hydrogens is 384 g/mol. The van der Waals surface area contributed by atoms with Crippen LogP contribution in [0.5, 0.6) is 0 Å². The average molecular weight is 419 g/mol. The Labute approximate surface area is 186 Å². The fourth-order valence-corrected chi connectivity index (χ4v) is 5.64. The molecular formula is C27H34N2O2. The van der Waals surface area contributed by atoms with Crippen molar-refractivity contribution in [1.29, 1.82) is 0 Å². The van der Waals surface area contributed by atoms with Gasteiger partial charge in [-0.2, -0.15) is 0 Å². The van der Waals surface area contributed by atoms with E-state index in [9.17, 15) is 4.79 Å². The van der Waals surface area contributed by atoms with Gasteiger partial charge in [0.1, 0.15) is 0 Å². The van der Waals surface area contributed by atoms with Crippen molar-refractivity contribution in [2.45, 2.75) is 50.7 Å². The Hall–Kier alpha value is -2.17. The van der Waals surface area contributed by atoms with Crippen LogP contribution in [0.4, 0.5) is 0 Å². The Kier molecular flexibility index (Phi) is 6.37. The number of carbonyl (C=O) groups excluding carboxylic acids is 1. The largest absolute Gasteiger partial charge is 0.376 e. The minimum atomic E-state index is 0.157. The van der Waals surface area contributed by atoms with E-state index >= 15 is 0 Å². The van der Waals surface area contributed by atoms with Crippen LogP contribution in [-0.4, -0.2) is 60.6 Å². The van der Waals surface area contributed by atoms with E-state index in [0.29, 0.717) is 12.0 Å². The maximum atomic E-state index is 13.3. The summed E-state index contributed by atoms with van der Waals surface area (Å²) in [6.45, 7) is 4.71. The van der Waals surface area contributed by atoms with Gasteiger partial charge in [0, 0.05) is 31.3 Å². The maximum absolute atomic E-state index is 13.3. The highest BCUT2D eigenvalue weighted by Gasteiger charge is 2.32. The number of carbonyl (C=O) groups is 1. The number of hydrogen-bond acceptors (Lipinski definition) is 3. The van der Waals surface area contributed by atoms with Crippen molar-refractivity contribution in [3.8, 4) is 0 Å². The second kappa shape index (κ2) is 9.54. The van der Waals surface area contributed by atoms with Crippen molar-refractivity contribution < 1.29 is 9.53 Å². The van der Waals surface area contributed by atoms with E-state index in [1.165, 1.54) is 36.8 Å². The number of nitrogens with zero attached hydrogens (tertiary/aromatic N) is 2. The van der Waals surface area contributed by atoms with Crippen LogP contribution in [0.2, 0.25) is 0 Å². The standard InChI is InChI=1S/C27H34N2O2/c30-27(22-7-2-1-3-8-22)29(20-26-11-6-16-31-26)19-21-12-14-28(15-13-21)25-17-23-9-4-5-10-24(23)18-25/h1-5,7-10,21,25-26H,6,11-20H2/t26-/m0/s1. The van der Waals surface area contributed by atoms with E-state index in [0.717, 1.165) is 51.2 Å². The van der Waals surface area contributed by atoms with Gasteiger partial charge in [0.2, 0.25) is 0 Å². The second-order valence-electron chi connectivity index (χ2n) is 9.52. The summed E-state index contributed by atoms with van der Waals surface area (Å²) in [5, 5.41) is 0. The van der Waals surface area contributed by atoms with E-state index in [1.807, 2.05) is 30.3 Å². The van der Waals surface area contributed by atoms with Gasteiger partial charge in [0.15, 0.2) is 0 Å². The fourth-order valence-electron chi connectivity index (χ4n) is 5.64. The number of hydrogen-bond donors (Lipinski definition) is 0. The lowest BCUT2D eigenvalue weighted by atomic mass is 9.94. The molecule has 2 aliphatic heterocycles. The fraction of sp³-hybridized carbons (Fsp3) is 0.519. The van der Waals surface area contributed by atoms with Gasteiger partial charge in [0.05, 0.1) is 6.10 Å². The van der Waals surface area contributed by atoms with Gasteiger partial charge in [0.25, 0.3) is 5.91 Å². The normalized spacial score (nSPS) is 22.5. The van der Waals surface area contributed by atoms with E-state index in [-0.39, 0.29) is 12.0 Å². The van der Waals surface area contributed by atoms with Crippen LogP contribution >= 0.6 is 0 Å². The van der Waals surface area contributed by atoms with Crippen LogP contribution < -0.4 is 0 Å². The molecule has 2 aromatic rings. The molecule has 1 aliphatic carbocycles. The Balaban J connectivity index is 1.19. The molecule has 164 valence electrons. The molecule has 0 spiro atoms. The summed E-state index contributed by atoms with van der Waals surface area (Å²) in [6, 6.07) is 19.3. The third kappa shape index (κ3) is 4.86. The van der Waals surface area contributed by atoms with Crippen LogP contribution in [0.25, 0.3) is 0 Å². The molecule has 0 N–H and O–H groups in total. The number of piperidine rings is 1. The molecule has 4 nitrogen and oxygen atoms in total. The Morgan fingerprint density at radius 3 is 2.23 bits per heavy atom. The predicted octanol–water partition coefficient (Wildman–Crippen LogP) is 4.19. The molecule has 1 amide bonds. The van der Waals surface area contributed by atoms with Gasteiger partial charge in [-0.25, -0.2) is 0 Å². The monoisotopic (exact) mass is 418 g/mol. The van der Waals surface area contributed by atoms with Gasteiger partial charge in [-0.1, -0.05) is 42.5 Å². The molecule has 0 unspecified atom stereocenters. The second-order valence-corrected chi connectivity index (χ2v) is 9.52. The third-order valence-corrected chi connectivity index (χ3v) is 7.43. The first-order valence-electron chi connectivity index (χ1n) is 12.0. The minimum absolute atomic E-state index is 0.157. The highest BCUT2D eigenvalue weighted by Crippen LogP contribution is 2.29. The summed E-state index contributed by atoms with van der Waals surface area (Å²) < 4.78 is 5.87. The number of fused-ring (bicyclic) bond motifs is 1. The zero-order chi connectivity index (χ0) is 21.0. The van der Waals surface area contributed by atoms with Gasteiger partial charge >= 0.3 is 0 Å². The first-order chi connectivity index (χ1) is 15.3. The number of amides is 1. The lowest BCUT2D eigenvalue weighted by Gasteiger charge is -2.38. The van der Waals surface area contributed by atoms with Crippen molar-refractivity contribution in [2.75, 3.05) is 32.8 Å². The Morgan fingerprint density at radius 2 is 1.58 bits per heavy atom. The zero-order valence-electron chi connectivity index (χ0n) is 18.4. The van der Waals surface area contributed by atoms with E-state index < -0.39 is 0 Å². The molecule has 3 aliphatic rings. The van der Waals surface area contributed by atoms with Crippen molar-refractivity contribution >= 4 is 5.91 Å². The molecule has 0 saturated carbocycles. The molecule has 31 heavy (non-hydrogen) atoms. The lowest BCUT2D eigenvalue weighted by molar-refractivity contribution is 0.0430. The summed E-state index contributed by atoms with van der Waals surface area (Å²) >= 11 is 0. The van der Waals surface area contributed by atoms with Crippen LogP contribution in [0.3, 0.4) is 0 Å². The van der Waals surface area contributed by atoms with E-state index in [2.05, 4.69) is 34.1 Å². The zero-order valence-corrected chi connectivity index (χ0v) is 18.4. The predicted molar refractivity (Wildman–Crippen MR) is 123 cm³/mol. The first-order valence-corrected chi connectivity index (χ1v) is 12.0. The summed E-state index contributed by atoms with van der Waals surface area (Å²) in [5.41, 5.74) is 3.86. The maximum Gasteiger partial charge on any atom is 0.253 e. The Morgan fingerprint density at radius 1 is 0.903 bits per heavy atom. The molecule has 2 aromatic carbocycles. The summed E-state index contributed by atoms with van der Waals surface area (Å²) in [5.74, 6) is 0.735. The number of rotatable bonds is 6. The van der Waals surface area contributed by atoms with Crippen LogP contribution in [0, 0.1) is 5.92 Å². The number of benzene rings is 2. The number of ether oxygens (including phenoxy) is 1. The number of likely N-dealkylation sites (tertiary alicyclic amines) is 1. The quantitative estimate of drug-likeness (QED) is 0.705.